The number of terminal acetylenes is 1. The van der Waals surface area contributed by atoms with Crippen molar-refractivity contribution in [1.82, 2.24) is 15.1 Å². The van der Waals surface area contributed by atoms with Crippen LogP contribution in [-0.2, 0) is 0 Å². The third-order valence-corrected chi connectivity index (χ3v) is 2.17. The molecule has 5 heteroatoms. The largest absolute Gasteiger partial charge is 0.413 e. The second-order valence-electron chi connectivity index (χ2n) is 3.36. The number of amides is 1. The highest BCUT2D eigenvalue weighted by Gasteiger charge is 2.08. The number of aromatic nitrogens is 2. The van der Waals surface area contributed by atoms with Crippen LogP contribution in [0.3, 0.4) is 0 Å². The monoisotopic (exact) mass is 221 g/mol. The van der Waals surface area contributed by atoms with Gasteiger partial charge in [-0.2, -0.15) is 5.10 Å². The smallest absolute Gasteiger partial charge is 0.407 e. The fraction of sp³-hybridized carbons (Fsp3) is 0.455. The predicted octanol–water partition coefficient (Wildman–Crippen LogP) is 1.58. The summed E-state index contributed by atoms with van der Waals surface area (Å²) in [6, 6.07) is 0.283. The predicted molar refractivity (Wildman–Crippen MR) is 60.1 cm³/mol. The van der Waals surface area contributed by atoms with Crippen LogP contribution in [0, 0.1) is 12.3 Å². The fourth-order valence-electron chi connectivity index (χ4n) is 1.07. The molecule has 1 aromatic heterocycles. The first-order valence-electron chi connectivity index (χ1n) is 5.10. The minimum absolute atomic E-state index is 0.151. The standard InChI is InChI=1S/C11H15N3O2/c1-4-6-12-11(15)16-10-7-13-14(8-10)9(3)5-2/h1,7-9H,5-6H2,2-3H3,(H,12,15). The summed E-state index contributed by atoms with van der Waals surface area (Å²) in [5, 5.41) is 6.49. The Morgan fingerprint density at radius 1 is 1.81 bits per heavy atom. The van der Waals surface area contributed by atoms with E-state index in [-0.39, 0.29) is 12.6 Å². The molecule has 86 valence electrons. The highest BCUT2D eigenvalue weighted by Crippen LogP contribution is 2.14. The molecule has 0 saturated heterocycles. The molecule has 1 amide bonds. The van der Waals surface area contributed by atoms with Crippen LogP contribution >= 0.6 is 0 Å². The Morgan fingerprint density at radius 2 is 2.56 bits per heavy atom. The number of carbonyl (C=O) groups is 1. The van der Waals surface area contributed by atoms with Crippen molar-refractivity contribution in [2.75, 3.05) is 6.54 Å². The summed E-state index contributed by atoms with van der Waals surface area (Å²) >= 11 is 0. The summed E-state index contributed by atoms with van der Waals surface area (Å²) in [7, 11) is 0. The molecule has 0 fully saturated rings. The first-order valence-corrected chi connectivity index (χ1v) is 5.10. The van der Waals surface area contributed by atoms with Crippen molar-refractivity contribution in [3.63, 3.8) is 0 Å². The summed E-state index contributed by atoms with van der Waals surface area (Å²) in [6.45, 7) is 4.25. The van der Waals surface area contributed by atoms with E-state index in [9.17, 15) is 4.79 Å². The molecule has 0 saturated carbocycles. The molecule has 5 nitrogen and oxygen atoms in total. The molecule has 1 heterocycles. The van der Waals surface area contributed by atoms with Crippen LogP contribution in [0.1, 0.15) is 26.3 Å². The Labute approximate surface area is 94.8 Å². The molecule has 0 aliphatic carbocycles. The van der Waals surface area contributed by atoms with E-state index in [1.807, 2.05) is 6.92 Å². The summed E-state index contributed by atoms with van der Waals surface area (Å²) in [4.78, 5) is 11.2. The van der Waals surface area contributed by atoms with Crippen LogP contribution in [0.25, 0.3) is 0 Å². The van der Waals surface area contributed by atoms with Crippen molar-refractivity contribution < 1.29 is 9.53 Å². The van der Waals surface area contributed by atoms with Crippen molar-refractivity contribution in [2.45, 2.75) is 26.3 Å². The van der Waals surface area contributed by atoms with Crippen LogP contribution in [0.15, 0.2) is 12.4 Å². The van der Waals surface area contributed by atoms with Gasteiger partial charge in [-0.15, -0.1) is 6.42 Å². The molecule has 0 radical (unpaired) electrons. The normalized spacial score (nSPS) is 11.6. The molecular formula is C11H15N3O2. The van der Waals surface area contributed by atoms with Crippen LogP contribution < -0.4 is 10.1 Å². The van der Waals surface area contributed by atoms with Gasteiger partial charge in [0.05, 0.1) is 18.9 Å². The average Bonchev–Trinajstić information content (AvgIpc) is 2.73. The molecule has 0 aromatic carbocycles. The van der Waals surface area contributed by atoms with Gasteiger partial charge >= 0.3 is 6.09 Å². The number of hydrogen-bond donors (Lipinski definition) is 1. The van der Waals surface area contributed by atoms with Crippen LogP contribution in [0.2, 0.25) is 0 Å². The number of hydrogen-bond acceptors (Lipinski definition) is 3. The topological polar surface area (TPSA) is 56.1 Å². The maximum absolute atomic E-state index is 11.2. The minimum atomic E-state index is -0.568. The van der Waals surface area contributed by atoms with Gasteiger partial charge in [0.15, 0.2) is 5.75 Å². The Balaban J connectivity index is 2.52. The molecule has 16 heavy (non-hydrogen) atoms. The van der Waals surface area contributed by atoms with E-state index >= 15 is 0 Å². The van der Waals surface area contributed by atoms with E-state index in [2.05, 4.69) is 23.3 Å². The molecule has 0 bridgehead atoms. The molecule has 1 aromatic rings. The lowest BCUT2D eigenvalue weighted by molar-refractivity contribution is 0.202. The number of rotatable bonds is 4. The average molecular weight is 221 g/mol. The summed E-state index contributed by atoms with van der Waals surface area (Å²) < 4.78 is 6.72. The first kappa shape index (κ1) is 12.1. The summed E-state index contributed by atoms with van der Waals surface area (Å²) in [6.07, 6.45) is 8.58. The van der Waals surface area contributed by atoms with Crippen LogP contribution in [0.5, 0.6) is 5.75 Å². The number of nitrogens with zero attached hydrogens (tertiary/aromatic N) is 2. The van der Waals surface area contributed by atoms with E-state index in [0.717, 1.165) is 6.42 Å². The molecule has 1 atom stereocenters. The van der Waals surface area contributed by atoms with Crippen molar-refractivity contribution in [2.24, 2.45) is 0 Å². The van der Waals surface area contributed by atoms with Crippen LogP contribution in [-0.4, -0.2) is 22.4 Å². The zero-order valence-corrected chi connectivity index (χ0v) is 9.43. The Bertz CT molecular complexity index is 392. The molecular weight excluding hydrogens is 206 g/mol. The number of nitrogens with one attached hydrogen (secondary N) is 1. The molecule has 0 aliphatic rings. The second kappa shape index (κ2) is 5.81. The van der Waals surface area contributed by atoms with Crippen molar-refractivity contribution in [1.29, 1.82) is 0 Å². The lowest BCUT2D eigenvalue weighted by Gasteiger charge is -2.07. The highest BCUT2D eigenvalue weighted by molar-refractivity contribution is 5.70. The van der Waals surface area contributed by atoms with E-state index < -0.39 is 6.09 Å². The van der Waals surface area contributed by atoms with E-state index in [4.69, 9.17) is 11.2 Å². The summed E-state index contributed by atoms with van der Waals surface area (Å²) in [5.41, 5.74) is 0. The van der Waals surface area contributed by atoms with Gasteiger partial charge in [-0.25, -0.2) is 4.79 Å². The highest BCUT2D eigenvalue weighted by atomic mass is 16.6. The number of ether oxygens (including phenoxy) is 1. The van der Waals surface area contributed by atoms with E-state index in [1.54, 1.807) is 10.9 Å². The van der Waals surface area contributed by atoms with Crippen LogP contribution in [0.4, 0.5) is 4.79 Å². The third kappa shape index (κ3) is 3.31. The molecule has 1 rings (SSSR count). The Hall–Kier alpha value is -1.96. The molecule has 1 N–H and O–H groups in total. The lowest BCUT2D eigenvalue weighted by atomic mass is 10.3. The zero-order chi connectivity index (χ0) is 12.0. The quantitative estimate of drug-likeness (QED) is 0.785. The van der Waals surface area contributed by atoms with Gasteiger partial charge in [-0.3, -0.25) is 4.68 Å². The van der Waals surface area contributed by atoms with Gasteiger partial charge in [0, 0.05) is 6.04 Å². The van der Waals surface area contributed by atoms with E-state index in [1.165, 1.54) is 6.20 Å². The number of carbonyl (C=O) groups excluding carboxylic acids is 1. The van der Waals surface area contributed by atoms with E-state index in [0.29, 0.717) is 5.75 Å². The van der Waals surface area contributed by atoms with Crippen molar-refractivity contribution in [3.05, 3.63) is 12.4 Å². The zero-order valence-electron chi connectivity index (χ0n) is 9.43. The van der Waals surface area contributed by atoms with Crippen molar-refractivity contribution >= 4 is 6.09 Å². The lowest BCUT2D eigenvalue weighted by Crippen LogP contribution is -2.26. The molecule has 0 spiro atoms. The first-order chi connectivity index (χ1) is 7.67. The van der Waals surface area contributed by atoms with Crippen molar-refractivity contribution in [3.8, 4) is 18.1 Å². The van der Waals surface area contributed by atoms with Gasteiger partial charge < -0.3 is 10.1 Å². The minimum Gasteiger partial charge on any atom is -0.407 e. The van der Waals surface area contributed by atoms with Gasteiger partial charge in [0.2, 0.25) is 0 Å². The SMILES string of the molecule is C#CCNC(=O)Oc1cnn(C(C)CC)c1. The second-order valence-corrected chi connectivity index (χ2v) is 3.36. The van der Waals surface area contributed by atoms with Gasteiger partial charge in [-0.1, -0.05) is 12.8 Å². The fourth-order valence-corrected chi connectivity index (χ4v) is 1.07. The Kier molecular flexibility index (Phi) is 4.40. The maximum Gasteiger partial charge on any atom is 0.413 e. The van der Waals surface area contributed by atoms with Gasteiger partial charge in [-0.05, 0) is 13.3 Å². The van der Waals surface area contributed by atoms with Gasteiger partial charge in [0.25, 0.3) is 0 Å². The molecule has 0 aliphatic heterocycles. The Morgan fingerprint density at radius 3 is 3.19 bits per heavy atom. The maximum atomic E-state index is 11.2. The third-order valence-electron chi connectivity index (χ3n) is 2.17. The summed E-state index contributed by atoms with van der Waals surface area (Å²) in [5.74, 6) is 2.70. The van der Waals surface area contributed by atoms with Gasteiger partial charge in [0.1, 0.15) is 0 Å². The molecule has 1 unspecified atom stereocenters.